The van der Waals surface area contributed by atoms with Gasteiger partial charge in [0.2, 0.25) is 0 Å². The number of sulfonamides is 1. The van der Waals surface area contributed by atoms with Crippen LogP contribution in [-0.4, -0.2) is 89.4 Å². The van der Waals surface area contributed by atoms with Gasteiger partial charge in [0.25, 0.3) is 15.9 Å². The Kier molecular flexibility index (Phi) is 8.85. The highest BCUT2D eigenvalue weighted by molar-refractivity contribution is 7.93. The molecule has 182 valence electrons. The van der Waals surface area contributed by atoms with Gasteiger partial charge in [-0.25, -0.2) is 8.42 Å². The number of para-hydroxylation sites is 1. The molecule has 7 nitrogen and oxygen atoms in total. The summed E-state index contributed by atoms with van der Waals surface area (Å²) >= 11 is 12.2. The van der Waals surface area contributed by atoms with E-state index in [-0.39, 0.29) is 20.8 Å². The average molecular weight is 523 g/mol. The predicted molar refractivity (Wildman–Crippen MR) is 137 cm³/mol. The van der Waals surface area contributed by atoms with Gasteiger partial charge < -0.3 is 9.80 Å². The molecule has 10 heteroatoms. The molecule has 34 heavy (non-hydrogen) atoms. The normalized spacial score (nSPS) is 14.9. The predicted octanol–water partition coefficient (Wildman–Crippen LogP) is 2.88. The second-order valence-electron chi connectivity index (χ2n) is 8.16. The van der Waals surface area contributed by atoms with Gasteiger partial charge in [-0.15, -0.1) is 0 Å². The first kappa shape index (κ1) is 26.3. The van der Waals surface area contributed by atoms with Crippen LogP contribution < -0.4 is 4.31 Å². The van der Waals surface area contributed by atoms with Crippen LogP contribution in [0.4, 0.5) is 5.69 Å². The Hall–Kier alpha value is -2.28. The second kappa shape index (κ2) is 11.4. The molecule has 0 spiro atoms. The first-order chi connectivity index (χ1) is 16.1. The molecule has 0 bridgehead atoms. The molecule has 0 N–H and O–H groups in total. The first-order valence-corrected chi connectivity index (χ1v) is 13.0. The van der Waals surface area contributed by atoms with Crippen LogP contribution in [0.25, 0.3) is 0 Å². The molecule has 0 aliphatic carbocycles. The summed E-state index contributed by atoms with van der Waals surface area (Å²) in [6.07, 6.45) is 0. The molecule has 0 aromatic heterocycles. The number of likely N-dealkylation sites (N-methyl/N-ethyl adjacent to an activating group) is 2. The lowest BCUT2D eigenvalue weighted by molar-refractivity contribution is -0.124. The minimum absolute atomic E-state index is 0.0447. The van der Waals surface area contributed by atoms with Crippen molar-refractivity contribution < 1.29 is 13.2 Å². The minimum Gasteiger partial charge on any atom is -0.334 e. The van der Waals surface area contributed by atoms with Crippen LogP contribution in [0.2, 0.25) is 10.0 Å². The van der Waals surface area contributed by atoms with E-state index < -0.39 is 10.0 Å². The molecule has 1 amide bonds. The van der Waals surface area contributed by atoms with Crippen molar-refractivity contribution in [3.8, 4) is 11.8 Å². The topological polar surface area (TPSA) is 64.2 Å². The molecule has 0 atom stereocenters. The Morgan fingerprint density at radius 1 is 1.03 bits per heavy atom. The zero-order valence-electron chi connectivity index (χ0n) is 19.5. The summed E-state index contributed by atoms with van der Waals surface area (Å²) in [4.78, 5) is 18.7. The van der Waals surface area contributed by atoms with Crippen molar-refractivity contribution in [3.63, 3.8) is 0 Å². The van der Waals surface area contributed by atoms with E-state index in [2.05, 4.69) is 28.7 Å². The number of carbonyl (C=O) groups is 1. The fraction of sp³-hybridized carbons (Fsp3) is 0.375. The van der Waals surface area contributed by atoms with Crippen LogP contribution >= 0.6 is 23.2 Å². The van der Waals surface area contributed by atoms with Gasteiger partial charge in [0.05, 0.1) is 15.7 Å². The third-order valence-corrected chi connectivity index (χ3v) is 8.54. The summed E-state index contributed by atoms with van der Waals surface area (Å²) in [7, 11) is 1.23. The number of benzene rings is 2. The number of nitrogens with zero attached hydrogens (tertiary/aromatic N) is 4. The highest BCUT2D eigenvalue weighted by Crippen LogP contribution is 2.33. The molecule has 3 rings (SSSR count). The van der Waals surface area contributed by atoms with Crippen molar-refractivity contribution in [2.24, 2.45) is 0 Å². The Bertz CT molecular complexity index is 1200. The standard InChI is InChI=1S/C24H28Cl2N4O3S/c1-27-13-16-30(17-14-27)18-15-28(2)23(31)12-11-19-7-4-5-9-21(19)29(3)34(32,33)22-10-6-8-20(25)24(22)26/h4-10H,13-18H2,1-3H3. The van der Waals surface area contributed by atoms with Crippen LogP contribution in [0.15, 0.2) is 47.4 Å². The Balaban J connectivity index is 1.74. The van der Waals surface area contributed by atoms with Gasteiger partial charge in [-0.3, -0.25) is 14.0 Å². The average Bonchev–Trinajstić information content (AvgIpc) is 2.83. The molecule has 1 fully saturated rings. The SMILES string of the molecule is CN1CCN(CCN(C)C(=O)C#Cc2ccccc2N(C)S(=O)(=O)c2cccc(Cl)c2Cl)CC1. The van der Waals surface area contributed by atoms with Gasteiger partial charge in [-0.1, -0.05) is 47.3 Å². The summed E-state index contributed by atoms with van der Waals surface area (Å²) in [5.41, 5.74) is 0.742. The number of carbonyl (C=O) groups excluding carboxylic acids is 1. The van der Waals surface area contributed by atoms with Crippen molar-refractivity contribution in [2.45, 2.75) is 4.90 Å². The molecule has 0 saturated carbocycles. The van der Waals surface area contributed by atoms with Gasteiger partial charge in [0.15, 0.2) is 0 Å². The largest absolute Gasteiger partial charge is 0.334 e. The second-order valence-corrected chi connectivity index (χ2v) is 10.9. The molecule has 1 aliphatic rings. The van der Waals surface area contributed by atoms with Crippen molar-refractivity contribution in [3.05, 3.63) is 58.1 Å². The van der Waals surface area contributed by atoms with Crippen molar-refractivity contribution in [1.29, 1.82) is 0 Å². The van der Waals surface area contributed by atoms with E-state index in [0.29, 0.717) is 17.8 Å². The van der Waals surface area contributed by atoms with E-state index in [9.17, 15) is 13.2 Å². The molecule has 1 aliphatic heterocycles. The summed E-state index contributed by atoms with van der Waals surface area (Å²) in [5.74, 6) is 5.16. The van der Waals surface area contributed by atoms with Crippen molar-refractivity contribution in [2.75, 3.05) is 64.7 Å². The number of hydrogen-bond acceptors (Lipinski definition) is 5. The third kappa shape index (κ3) is 6.23. The van der Waals surface area contributed by atoms with E-state index in [0.717, 1.165) is 37.0 Å². The lowest BCUT2D eigenvalue weighted by Gasteiger charge is -2.33. The maximum atomic E-state index is 13.2. The fourth-order valence-electron chi connectivity index (χ4n) is 3.49. The molecule has 2 aromatic rings. The number of piperazine rings is 1. The van der Waals surface area contributed by atoms with E-state index in [4.69, 9.17) is 23.2 Å². The van der Waals surface area contributed by atoms with E-state index >= 15 is 0 Å². The zero-order chi connectivity index (χ0) is 24.9. The fourth-order valence-corrected chi connectivity index (χ4v) is 5.44. The lowest BCUT2D eigenvalue weighted by Crippen LogP contribution is -2.47. The van der Waals surface area contributed by atoms with Crippen LogP contribution in [0.5, 0.6) is 0 Å². The van der Waals surface area contributed by atoms with Crippen molar-refractivity contribution in [1.82, 2.24) is 14.7 Å². The van der Waals surface area contributed by atoms with E-state index in [1.165, 1.54) is 25.2 Å². The van der Waals surface area contributed by atoms with Crippen LogP contribution in [0.1, 0.15) is 5.56 Å². The molecule has 0 unspecified atom stereocenters. The number of halogens is 2. The lowest BCUT2D eigenvalue weighted by atomic mass is 10.2. The Morgan fingerprint density at radius 3 is 2.41 bits per heavy atom. The quantitative estimate of drug-likeness (QED) is 0.545. The zero-order valence-corrected chi connectivity index (χ0v) is 21.8. The smallest absolute Gasteiger partial charge is 0.298 e. The summed E-state index contributed by atoms with van der Waals surface area (Å²) < 4.78 is 27.5. The molecule has 2 aromatic carbocycles. The number of rotatable bonds is 6. The minimum atomic E-state index is -4.00. The molecule has 1 heterocycles. The maximum absolute atomic E-state index is 13.2. The van der Waals surface area contributed by atoms with Gasteiger partial charge >= 0.3 is 0 Å². The summed E-state index contributed by atoms with van der Waals surface area (Å²) in [5, 5.41) is 0.103. The summed E-state index contributed by atoms with van der Waals surface area (Å²) in [6.45, 7) is 5.36. The van der Waals surface area contributed by atoms with Gasteiger partial charge in [-0.05, 0) is 31.3 Å². The number of amides is 1. The van der Waals surface area contributed by atoms with Gasteiger partial charge in [-0.2, -0.15) is 0 Å². The number of anilines is 1. The highest BCUT2D eigenvalue weighted by Gasteiger charge is 2.26. The first-order valence-electron chi connectivity index (χ1n) is 10.8. The monoisotopic (exact) mass is 522 g/mol. The van der Waals surface area contributed by atoms with E-state index in [1.807, 2.05) is 0 Å². The highest BCUT2D eigenvalue weighted by atomic mass is 35.5. The number of hydrogen-bond donors (Lipinski definition) is 0. The van der Waals surface area contributed by atoms with Gasteiger partial charge in [0.1, 0.15) is 4.90 Å². The van der Waals surface area contributed by atoms with Crippen LogP contribution in [0.3, 0.4) is 0 Å². The Morgan fingerprint density at radius 2 is 1.71 bits per heavy atom. The van der Waals surface area contributed by atoms with Crippen molar-refractivity contribution >= 4 is 44.8 Å². The third-order valence-electron chi connectivity index (χ3n) is 5.80. The maximum Gasteiger partial charge on any atom is 0.298 e. The molecular formula is C24H28Cl2N4O3S. The molecule has 0 radical (unpaired) electrons. The molecule has 1 saturated heterocycles. The molecular weight excluding hydrogens is 495 g/mol. The summed E-state index contributed by atoms with van der Waals surface area (Å²) in [6, 6.07) is 11.2. The van der Waals surface area contributed by atoms with E-state index in [1.54, 1.807) is 36.2 Å². The van der Waals surface area contributed by atoms with Gasteiger partial charge in [0, 0.05) is 64.8 Å². The Labute approximate surface area is 211 Å². The van der Waals surface area contributed by atoms with Crippen LogP contribution in [-0.2, 0) is 14.8 Å². The van der Waals surface area contributed by atoms with Crippen LogP contribution in [0, 0.1) is 11.8 Å².